The molecule has 0 saturated carbocycles. The highest BCUT2D eigenvalue weighted by Crippen LogP contribution is 2.32. The number of rotatable bonds is 4. The number of likely N-dealkylation sites (tertiary alicyclic amines) is 1. The first-order chi connectivity index (χ1) is 11.8. The van der Waals surface area contributed by atoms with Crippen LogP contribution in [0.3, 0.4) is 0 Å². The molecule has 5 nitrogen and oxygen atoms in total. The number of benzene rings is 1. The number of aryl methyl sites for hydroxylation is 1. The molecule has 0 bridgehead atoms. The quantitative estimate of drug-likeness (QED) is 0.822. The Kier molecular flexibility index (Phi) is 5.49. The van der Waals surface area contributed by atoms with E-state index in [2.05, 4.69) is 0 Å². The lowest BCUT2D eigenvalue weighted by molar-refractivity contribution is -0.129. The van der Waals surface area contributed by atoms with E-state index in [0.29, 0.717) is 31.3 Å². The summed E-state index contributed by atoms with van der Waals surface area (Å²) in [7, 11) is -3.07. The van der Waals surface area contributed by atoms with Crippen LogP contribution in [-0.4, -0.2) is 56.0 Å². The van der Waals surface area contributed by atoms with Crippen molar-refractivity contribution in [2.75, 3.05) is 32.4 Å². The van der Waals surface area contributed by atoms with Gasteiger partial charge >= 0.3 is 0 Å². The normalized spacial score (nSPS) is 23.1. The molecule has 1 atom stereocenters. The van der Waals surface area contributed by atoms with E-state index in [0.717, 1.165) is 37.9 Å². The summed E-state index contributed by atoms with van der Waals surface area (Å²) in [6.07, 6.45) is 4.64. The number of sulfonamides is 1. The van der Waals surface area contributed by atoms with Gasteiger partial charge < -0.3 is 4.90 Å². The second-order valence-electron chi connectivity index (χ2n) is 7.49. The molecule has 0 spiro atoms. The van der Waals surface area contributed by atoms with Gasteiger partial charge in [-0.05, 0) is 49.1 Å². The van der Waals surface area contributed by atoms with Crippen molar-refractivity contribution in [1.29, 1.82) is 0 Å². The van der Waals surface area contributed by atoms with Crippen LogP contribution in [0.25, 0.3) is 0 Å². The van der Waals surface area contributed by atoms with Crippen LogP contribution in [0.1, 0.15) is 30.4 Å². The van der Waals surface area contributed by atoms with E-state index in [1.807, 2.05) is 36.1 Å². The van der Waals surface area contributed by atoms with Crippen LogP contribution in [0.2, 0.25) is 0 Å². The van der Waals surface area contributed by atoms with Gasteiger partial charge in [0.25, 0.3) is 0 Å². The number of piperidine rings is 1. The van der Waals surface area contributed by atoms with Gasteiger partial charge in [0, 0.05) is 26.2 Å². The molecule has 1 amide bonds. The average Bonchev–Trinajstić information content (AvgIpc) is 3.06. The summed E-state index contributed by atoms with van der Waals surface area (Å²) in [4.78, 5) is 14.6. The Morgan fingerprint density at radius 3 is 2.36 bits per heavy atom. The third kappa shape index (κ3) is 4.42. The van der Waals surface area contributed by atoms with Crippen molar-refractivity contribution >= 4 is 15.9 Å². The molecule has 1 aromatic rings. The van der Waals surface area contributed by atoms with Crippen molar-refractivity contribution in [1.82, 2.24) is 9.21 Å². The topological polar surface area (TPSA) is 57.7 Å². The number of amides is 1. The van der Waals surface area contributed by atoms with Crippen LogP contribution in [0.4, 0.5) is 0 Å². The zero-order valence-corrected chi connectivity index (χ0v) is 16.0. The summed E-state index contributed by atoms with van der Waals surface area (Å²) in [5.41, 5.74) is 2.28. The van der Waals surface area contributed by atoms with Gasteiger partial charge in [-0.1, -0.05) is 24.3 Å². The van der Waals surface area contributed by atoms with E-state index in [-0.39, 0.29) is 5.91 Å². The summed E-state index contributed by atoms with van der Waals surface area (Å²) in [6, 6.07) is 8.06. The molecule has 0 aromatic heterocycles. The number of carbonyl (C=O) groups excluding carboxylic acids is 1. The highest BCUT2D eigenvalue weighted by atomic mass is 32.2. The molecule has 3 rings (SSSR count). The summed E-state index contributed by atoms with van der Waals surface area (Å²) in [5, 5.41) is 0. The van der Waals surface area contributed by atoms with Crippen LogP contribution >= 0.6 is 0 Å². The highest BCUT2D eigenvalue weighted by Gasteiger charge is 2.35. The molecule has 2 aliphatic rings. The zero-order chi connectivity index (χ0) is 18.0. The first kappa shape index (κ1) is 18.4. The van der Waals surface area contributed by atoms with E-state index >= 15 is 0 Å². The Balaban J connectivity index is 1.52. The summed E-state index contributed by atoms with van der Waals surface area (Å²) in [5.74, 6) is 1.27. The van der Waals surface area contributed by atoms with Crippen molar-refractivity contribution < 1.29 is 13.2 Å². The predicted octanol–water partition coefficient (Wildman–Crippen LogP) is 2.06. The van der Waals surface area contributed by atoms with E-state index in [1.54, 1.807) is 4.31 Å². The van der Waals surface area contributed by atoms with Crippen LogP contribution in [0.5, 0.6) is 0 Å². The Hall–Kier alpha value is -1.40. The lowest BCUT2D eigenvalue weighted by Gasteiger charge is -2.33. The molecule has 1 unspecified atom stereocenters. The maximum absolute atomic E-state index is 12.6. The molecule has 2 fully saturated rings. The minimum Gasteiger partial charge on any atom is -0.342 e. The van der Waals surface area contributed by atoms with Gasteiger partial charge in [-0.25, -0.2) is 12.7 Å². The van der Waals surface area contributed by atoms with Gasteiger partial charge in [0.15, 0.2) is 0 Å². The molecule has 0 radical (unpaired) electrons. The van der Waals surface area contributed by atoms with E-state index < -0.39 is 10.0 Å². The fourth-order valence-corrected chi connectivity index (χ4v) is 5.03. The number of carbonyl (C=O) groups is 1. The van der Waals surface area contributed by atoms with Crippen LogP contribution in [-0.2, 0) is 21.2 Å². The highest BCUT2D eigenvalue weighted by molar-refractivity contribution is 7.88. The fraction of sp³-hybridized carbons (Fsp3) is 0.632. The smallest absolute Gasteiger partial charge is 0.227 e. The summed E-state index contributed by atoms with van der Waals surface area (Å²) >= 11 is 0. The minimum atomic E-state index is -3.07. The SMILES string of the molecule is Cc1ccccc1CC(=O)N1CCC(C2CCN(S(C)(=O)=O)CC2)C1. The largest absolute Gasteiger partial charge is 0.342 e. The molecule has 25 heavy (non-hydrogen) atoms. The van der Waals surface area contributed by atoms with E-state index in [1.165, 1.54) is 11.8 Å². The van der Waals surface area contributed by atoms with Crippen molar-refractivity contribution in [2.45, 2.75) is 32.6 Å². The molecular weight excluding hydrogens is 336 g/mol. The van der Waals surface area contributed by atoms with Gasteiger partial charge in [-0.3, -0.25) is 4.79 Å². The van der Waals surface area contributed by atoms with Crippen LogP contribution in [0, 0.1) is 18.8 Å². The Morgan fingerprint density at radius 1 is 1.08 bits per heavy atom. The summed E-state index contributed by atoms with van der Waals surface area (Å²) < 4.78 is 24.8. The minimum absolute atomic E-state index is 0.213. The molecular formula is C19H28N2O3S. The Bertz CT molecular complexity index is 724. The average molecular weight is 365 g/mol. The molecule has 0 aliphatic carbocycles. The first-order valence-corrected chi connectivity index (χ1v) is 11.0. The lowest BCUT2D eigenvalue weighted by Crippen LogP contribution is -2.40. The predicted molar refractivity (Wildman–Crippen MR) is 98.7 cm³/mol. The lowest BCUT2D eigenvalue weighted by atomic mass is 9.84. The Labute approximate surface area is 151 Å². The third-order valence-electron chi connectivity index (χ3n) is 5.81. The summed E-state index contributed by atoms with van der Waals surface area (Å²) in [6.45, 7) is 4.95. The van der Waals surface area contributed by atoms with Crippen molar-refractivity contribution in [3.8, 4) is 0 Å². The molecule has 2 saturated heterocycles. The van der Waals surface area contributed by atoms with E-state index in [4.69, 9.17) is 0 Å². The fourth-order valence-electron chi connectivity index (χ4n) is 4.16. The van der Waals surface area contributed by atoms with Crippen molar-refractivity contribution in [3.63, 3.8) is 0 Å². The maximum Gasteiger partial charge on any atom is 0.227 e. The Morgan fingerprint density at radius 2 is 1.72 bits per heavy atom. The first-order valence-electron chi connectivity index (χ1n) is 9.12. The molecule has 138 valence electrons. The molecule has 6 heteroatoms. The van der Waals surface area contributed by atoms with Gasteiger partial charge in [-0.15, -0.1) is 0 Å². The van der Waals surface area contributed by atoms with Gasteiger partial charge in [0.05, 0.1) is 12.7 Å². The van der Waals surface area contributed by atoms with E-state index in [9.17, 15) is 13.2 Å². The second kappa shape index (κ2) is 7.46. The number of hydrogen-bond acceptors (Lipinski definition) is 3. The van der Waals surface area contributed by atoms with Crippen LogP contribution in [0.15, 0.2) is 24.3 Å². The van der Waals surface area contributed by atoms with Gasteiger partial charge in [0.1, 0.15) is 0 Å². The molecule has 1 aromatic carbocycles. The standard InChI is InChI=1S/C19H28N2O3S/c1-15-5-3-4-6-17(15)13-19(22)20-10-7-18(14-20)16-8-11-21(12-9-16)25(2,23)24/h3-6,16,18H,7-14H2,1-2H3. The van der Waals surface area contributed by atoms with Gasteiger partial charge in [-0.2, -0.15) is 0 Å². The maximum atomic E-state index is 12.6. The monoisotopic (exact) mass is 364 g/mol. The second-order valence-corrected chi connectivity index (χ2v) is 9.47. The molecule has 0 N–H and O–H groups in total. The van der Waals surface area contributed by atoms with Crippen molar-refractivity contribution in [3.05, 3.63) is 35.4 Å². The zero-order valence-electron chi connectivity index (χ0n) is 15.1. The third-order valence-corrected chi connectivity index (χ3v) is 7.12. The molecule has 2 heterocycles. The number of nitrogens with zero attached hydrogens (tertiary/aromatic N) is 2. The van der Waals surface area contributed by atoms with Crippen LogP contribution < -0.4 is 0 Å². The van der Waals surface area contributed by atoms with Gasteiger partial charge in [0.2, 0.25) is 15.9 Å². The molecule has 2 aliphatic heterocycles. The van der Waals surface area contributed by atoms with Crippen molar-refractivity contribution in [2.24, 2.45) is 11.8 Å². The number of hydrogen-bond donors (Lipinski definition) is 0.